The molecule has 3 rings (SSSR count). The third kappa shape index (κ3) is 5.74. The summed E-state index contributed by atoms with van der Waals surface area (Å²) in [6, 6.07) is 7.41. The fourth-order valence-electron chi connectivity index (χ4n) is 3.30. The monoisotopic (exact) mass is 344 g/mol. The molecular formula is C19H28N4O2. The zero-order chi connectivity index (χ0) is 17.6. The highest BCUT2D eigenvalue weighted by Crippen LogP contribution is 2.25. The second-order valence-electron chi connectivity index (χ2n) is 7.27. The van der Waals surface area contributed by atoms with Gasteiger partial charge < -0.3 is 21.3 Å². The molecule has 1 aromatic rings. The van der Waals surface area contributed by atoms with Crippen LogP contribution in [0.4, 0.5) is 16.2 Å². The third-order valence-electron chi connectivity index (χ3n) is 5.04. The molecule has 0 aromatic heterocycles. The summed E-state index contributed by atoms with van der Waals surface area (Å²) in [5.74, 6) is 1.08. The zero-order valence-corrected chi connectivity index (χ0v) is 14.8. The summed E-state index contributed by atoms with van der Waals surface area (Å²) < 4.78 is 0. The van der Waals surface area contributed by atoms with E-state index in [1.807, 2.05) is 12.1 Å². The highest BCUT2D eigenvalue weighted by atomic mass is 16.2. The molecule has 6 nitrogen and oxygen atoms in total. The van der Waals surface area contributed by atoms with Gasteiger partial charge in [-0.3, -0.25) is 4.79 Å². The molecule has 0 spiro atoms. The first-order valence-electron chi connectivity index (χ1n) is 9.28. The third-order valence-corrected chi connectivity index (χ3v) is 5.04. The van der Waals surface area contributed by atoms with E-state index in [2.05, 4.69) is 28.2 Å². The molecule has 6 heteroatoms. The van der Waals surface area contributed by atoms with Crippen LogP contribution >= 0.6 is 0 Å². The van der Waals surface area contributed by atoms with Crippen LogP contribution in [0.5, 0.6) is 0 Å². The van der Waals surface area contributed by atoms with E-state index in [0.717, 1.165) is 50.1 Å². The molecule has 1 atom stereocenters. The lowest BCUT2D eigenvalue weighted by atomic mass is 9.84. The van der Waals surface area contributed by atoms with Crippen LogP contribution in [0, 0.1) is 11.8 Å². The predicted molar refractivity (Wildman–Crippen MR) is 99.6 cm³/mol. The Morgan fingerprint density at radius 2 is 1.64 bits per heavy atom. The number of amides is 3. The van der Waals surface area contributed by atoms with Gasteiger partial charge >= 0.3 is 6.03 Å². The topological polar surface area (TPSA) is 82.3 Å². The number of carbonyl (C=O) groups excluding carboxylic acids is 2. The Hall–Kier alpha value is -2.08. The van der Waals surface area contributed by atoms with Gasteiger partial charge in [-0.25, -0.2) is 4.79 Å². The highest BCUT2D eigenvalue weighted by Gasteiger charge is 2.23. The molecule has 4 N–H and O–H groups in total. The van der Waals surface area contributed by atoms with Crippen LogP contribution in [0.1, 0.15) is 39.0 Å². The van der Waals surface area contributed by atoms with Gasteiger partial charge in [-0.05, 0) is 74.9 Å². The number of urea groups is 1. The lowest BCUT2D eigenvalue weighted by molar-refractivity contribution is -0.117. The first-order chi connectivity index (χ1) is 12.1. The van der Waals surface area contributed by atoms with Crippen molar-refractivity contribution in [2.45, 2.75) is 45.1 Å². The van der Waals surface area contributed by atoms with Crippen LogP contribution in [0.25, 0.3) is 0 Å². The van der Waals surface area contributed by atoms with Gasteiger partial charge in [-0.2, -0.15) is 0 Å². The number of benzene rings is 1. The van der Waals surface area contributed by atoms with Crippen molar-refractivity contribution in [2.24, 2.45) is 11.8 Å². The van der Waals surface area contributed by atoms with Crippen molar-refractivity contribution in [3.63, 3.8) is 0 Å². The van der Waals surface area contributed by atoms with Crippen molar-refractivity contribution in [2.75, 3.05) is 23.7 Å². The van der Waals surface area contributed by atoms with E-state index in [-0.39, 0.29) is 11.9 Å². The Morgan fingerprint density at radius 1 is 1.04 bits per heavy atom. The number of piperidine rings is 1. The summed E-state index contributed by atoms with van der Waals surface area (Å²) in [7, 11) is 0. The predicted octanol–water partition coefficient (Wildman–Crippen LogP) is 2.93. The minimum atomic E-state index is -0.171. The van der Waals surface area contributed by atoms with E-state index < -0.39 is 0 Å². The Labute approximate surface area is 149 Å². The Kier molecular flexibility index (Phi) is 5.91. The second-order valence-corrected chi connectivity index (χ2v) is 7.27. The SMILES string of the molecule is CC(CC(=O)Nc1ccc(NC(=O)NC2CC2)cc1)C1CCNCC1. The molecule has 3 amide bonds. The zero-order valence-electron chi connectivity index (χ0n) is 14.8. The number of nitrogens with one attached hydrogen (secondary N) is 4. The molecule has 1 aliphatic heterocycles. The van der Waals surface area contributed by atoms with Gasteiger partial charge in [0, 0.05) is 23.8 Å². The minimum Gasteiger partial charge on any atom is -0.335 e. The van der Waals surface area contributed by atoms with Gasteiger partial charge in [-0.1, -0.05) is 6.92 Å². The summed E-state index contributed by atoms with van der Waals surface area (Å²) in [5, 5.41) is 12.0. The number of anilines is 2. The fraction of sp³-hybridized carbons (Fsp3) is 0.579. The van der Waals surface area contributed by atoms with Crippen molar-refractivity contribution in [1.82, 2.24) is 10.6 Å². The van der Waals surface area contributed by atoms with Gasteiger partial charge in [0.2, 0.25) is 5.91 Å². The summed E-state index contributed by atoms with van der Waals surface area (Å²) >= 11 is 0. The molecule has 136 valence electrons. The van der Waals surface area contributed by atoms with Gasteiger partial charge in [0.1, 0.15) is 0 Å². The van der Waals surface area contributed by atoms with E-state index in [1.165, 1.54) is 0 Å². The van der Waals surface area contributed by atoms with Crippen LogP contribution in [0.2, 0.25) is 0 Å². The summed E-state index contributed by atoms with van der Waals surface area (Å²) in [4.78, 5) is 24.0. The molecule has 1 saturated heterocycles. The standard InChI is InChI=1S/C19H28N4O2/c1-13(14-8-10-20-11-9-14)12-18(24)21-15-2-4-16(5-3-15)22-19(25)23-17-6-7-17/h2-5,13-14,17,20H,6-12H2,1H3,(H,21,24)(H2,22,23,25). The van der Waals surface area contributed by atoms with Crippen molar-refractivity contribution < 1.29 is 9.59 Å². The molecule has 1 aliphatic carbocycles. The number of hydrogen-bond donors (Lipinski definition) is 4. The molecule has 1 heterocycles. The lowest BCUT2D eigenvalue weighted by Crippen LogP contribution is -2.32. The number of rotatable bonds is 6. The van der Waals surface area contributed by atoms with E-state index >= 15 is 0 Å². The van der Waals surface area contributed by atoms with E-state index in [9.17, 15) is 9.59 Å². The number of carbonyl (C=O) groups is 2. The summed E-state index contributed by atoms with van der Waals surface area (Å²) in [5.41, 5.74) is 1.48. The Balaban J connectivity index is 1.43. The molecule has 0 bridgehead atoms. The maximum absolute atomic E-state index is 12.2. The molecule has 1 saturated carbocycles. The van der Waals surface area contributed by atoms with Crippen molar-refractivity contribution in [3.05, 3.63) is 24.3 Å². The largest absolute Gasteiger partial charge is 0.335 e. The minimum absolute atomic E-state index is 0.0539. The number of hydrogen-bond acceptors (Lipinski definition) is 3. The average molecular weight is 344 g/mol. The average Bonchev–Trinajstić information content (AvgIpc) is 3.41. The van der Waals surface area contributed by atoms with Gasteiger partial charge in [0.25, 0.3) is 0 Å². The normalized spacial score (nSPS) is 19.1. The summed E-state index contributed by atoms with van der Waals surface area (Å²) in [6.07, 6.45) is 4.98. The van der Waals surface area contributed by atoms with Crippen LogP contribution in [-0.2, 0) is 4.79 Å². The Bertz CT molecular complexity index is 592. The van der Waals surface area contributed by atoms with Crippen LogP contribution in [-0.4, -0.2) is 31.1 Å². The molecule has 2 fully saturated rings. The summed E-state index contributed by atoms with van der Waals surface area (Å²) in [6.45, 7) is 4.28. The van der Waals surface area contributed by atoms with Crippen molar-refractivity contribution >= 4 is 23.3 Å². The Morgan fingerprint density at radius 3 is 2.24 bits per heavy atom. The van der Waals surface area contributed by atoms with Gasteiger partial charge in [0.05, 0.1) is 0 Å². The molecule has 1 unspecified atom stereocenters. The second kappa shape index (κ2) is 8.34. The van der Waals surface area contributed by atoms with E-state index in [1.54, 1.807) is 12.1 Å². The fourth-order valence-corrected chi connectivity index (χ4v) is 3.30. The molecule has 1 aromatic carbocycles. The van der Waals surface area contributed by atoms with Crippen molar-refractivity contribution in [3.8, 4) is 0 Å². The lowest BCUT2D eigenvalue weighted by Gasteiger charge is -2.27. The van der Waals surface area contributed by atoms with Crippen molar-refractivity contribution in [1.29, 1.82) is 0 Å². The highest BCUT2D eigenvalue weighted by molar-refractivity contribution is 5.92. The van der Waals surface area contributed by atoms with Gasteiger partial charge in [-0.15, -0.1) is 0 Å². The molecule has 0 radical (unpaired) electrons. The smallest absolute Gasteiger partial charge is 0.319 e. The first-order valence-corrected chi connectivity index (χ1v) is 9.28. The quantitative estimate of drug-likeness (QED) is 0.640. The van der Waals surface area contributed by atoms with Crippen LogP contribution in [0.15, 0.2) is 24.3 Å². The maximum Gasteiger partial charge on any atom is 0.319 e. The van der Waals surface area contributed by atoms with E-state index in [0.29, 0.717) is 24.3 Å². The molecular weight excluding hydrogens is 316 g/mol. The first kappa shape index (κ1) is 17.7. The van der Waals surface area contributed by atoms with Gasteiger partial charge in [0.15, 0.2) is 0 Å². The van der Waals surface area contributed by atoms with E-state index in [4.69, 9.17) is 0 Å². The van der Waals surface area contributed by atoms with Crippen LogP contribution < -0.4 is 21.3 Å². The van der Waals surface area contributed by atoms with Crippen LogP contribution in [0.3, 0.4) is 0 Å². The molecule has 25 heavy (non-hydrogen) atoms. The maximum atomic E-state index is 12.2. The molecule has 2 aliphatic rings.